The van der Waals surface area contributed by atoms with Gasteiger partial charge in [0.05, 0.1) is 42.5 Å². The Morgan fingerprint density at radius 2 is 1.81 bits per heavy atom. The van der Waals surface area contributed by atoms with E-state index in [1.807, 2.05) is 0 Å². The molecule has 2 fully saturated rings. The highest BCUT2D eigenvalue weighted by molar-refractivity contribution is 7.80. The number of nitrogens with zero attached hydrogens (tertiary/aromatic N) is 4. The van der Waals surface area contributed by atoms with E-state index in [1.165, 1.54) is 34.2 Å². The van der Waals surface area contributed by atoms with Gasteiger partial charge < -0.3 is 15.0 Å². The Morgan fingerprint density at radius 1 is 1.14 bits per heavy atom. The van der Waals surface area contributed by atoms with Crippen molar-refractivity contribution in [2.75, 3.05) is 54.2 Å². The molecule has 2 heterocycles. The van der Waals surface area contributed by atoms with Gasteiger partial charge in [0.25, 0.3) is 12.1 Å². The number of alkyl halides is 2. The Labute approximate surface area is 213 Å². The molecule has 2 saturated heterocycles. The average Bonchev–Trinajstić information content (AvgIpc) is 3.06. The third-order valence-corrected chi connectivity index (χ3v) is 6.06. The highest BCUT2D eigenvalue weighted by atomic mass is 32.1. The Morgan fingerprint density at radius 3 is 2.43 bits per heavy atom. The van der Waals surface area contributed by atoms with Crippen LogP contribution in [0.25, 0.3) is 0 Å². The molecule has 2 aliphatic heterocycles. The van der Waals surface area contributed by atoms with Crippen LogP contribution in [0.4, 0.5) is 45.1 Å². The quantitative estimate of drug-likeness (QED) is 0.243. The molecule has 1 N–H and O–H groups in total. The van der Waals surface area contributed by atoms with E-state index in [0.717, 1.165) is 17.0 Å². The topological polar surface area (TPSA) is 100 Å². The van der Waals surface area contributed by atoms with Crippen LogP contribution in [0.5, 0.6) is 0 Å². The van der Waals surface area contributed by atoms with Crippen molar-refractivity contribution in [3.8, 4) is 0 Å². The zero-order valence-electron chi connectivity index (χ0n) is 19.1. The molecule has 2 aromatic rings. The molecule has 2 aromatic carbocycles. The number of carbonyl (C=O) groups excluding carboxylic acids is 1. The molecule has 198 valence electrons. The van der Waals surface area contributed by atoms with E-state index in [-0.39, 0.29) is 56.4 Å². The molecule has 10 nitrogen and oxygen atoms in total. The fourth-order valence-electron chi connectivity index (χ4n) is 3.96. The number of thiocarbonyl (C=S) groups is 1. The van der Waals surface area contributed by atoms with E-state index in [1.54, 1.807) is 0 Å². The fraction of sp³-hybridized carbons (Fsp3) is 0.364. The lowest BCUT2D eigenvalue weighted by molar-refractivity contribution is -0.384. The molecule has 1 amide bonds. The molecule has 0 radical (unpaired) electrons. The number of cyclic esters (lactones) is 1. The van der Waals surface area contributed by atoms with Crippen molar-refractivity contribution in [1.82, 2.24) is 5.32 Å². The summed E-state index contributed by atoms with van der Waals surface area (Å²) in [6.07, 6.45) is -4.57. The predicted octanol–water partition coefficient (Wildman–Crippen LogP) is 3.64. The molecule has 15 heteroatoms. The van der Waals surface area contributed by atoms with Gasteiger partial charge in [0.15, 0.2) is 11.6 Å². The number of hydroxylamine groups is 1. The van der Waals surface area contributed by atoms with Gasteiger partial charge in [-0.1, -0.05) is 12.2 Å². The standard InChI is InChI=1S/C22H21F4N5O5S/c23-17-9-15(29-12-16(36-22(29)32)11-27-21(37)20(25)26)10-18(24)19(17)28-5-6-30(35-8-7-28)13-1-3-14(4-2-13)31(33)34/h1-4,9-10,16,20H,5-8,11-12H2,(H,27,37)/t16-/m0/s1. The predicted molar refractivity (Wildman–Crippen MR) is 129 cm³/mol. The molecule has 2 aliphatic rings. The number of non-ortho nitro benzene ring substituents is 1. The van der Waals surface area contributed by atoms with Crippen molar-refractivity contribution in [2.45, 2.75) is 12.5 Å². The van der Waals surface area contributed by atoms with Gasteiger partial charge in [0, 0.05) is 37.4 Å². The van der Waals surface area contributed by atoms with Crippen LogP contribution >= 0.6 is 12.2 Å². The second kappa shape index (κ2) is 11.1. The number of carbonyl (C=O) groups is 1. The number of nitro benzene ring substituents is 1. The van der Waals surface area contributed by atoms with Crippen LogP contribution < -0.4 is 20.2 Å². The number of ether oxygens (including phenoxy) is 1. The van der Waals surface area contributed by atoms with Gasteiger partial charge in [0.1, 0.15) is 16.8 Å². The molecular weight excluding hydrogens is 522 g/mol. The van der Waals surface area contributed by atoms with Crippen LogP contribution in [0.2, 0.25) is 0 Å². The van der Waals surface area contributed by atoms with Gasteiger partial charge in [0.2, 0.25) is 0 Å². The summed E-state index contributed by atoms with van der Waals surface area (Å²) < 4.78 is 60.3. The third kappa shape index (κ3) is 5.99. The summed E-state index contributed by atoms with van der Waals surface area (Å²) >= 11 is 4.48. The van der Waals surface area contributed by atoms with E-state index in [2.05, 4.69) is 17.5 Å². The van der Waals surface area contributed by atoms with E-state index in [4.69, 9.17) is 9.57 Å². The summed E-state index contributed by atoms with van der Waals surface area (Å²) in [6.45, 7) is 0.344. The summed E-state index contributed by atoms with van der Waals surface area (Å²) in [6, 6.07) is 7.69. The molecule has 1 atom stereocenters. The van der Waals surface area contributed by atoms with Crippen LogP contribution in [0.1, 0.15) is 0 Å². The lowest BCUT2D eigenvalue weighted by Gasteiger charge is -2.25. The first-order valence-corrected chi connectivity index (χ1v) is 11.5. The van der Waals surface area contributed by atoms with Gasteiger partial charge >= 0.3 is 6.09 Å². The minimum absolute atomic E-state index is 0.0782. The summed E-state index contributed by atoms with van der Waals surface area (Å²) in [5.41, 5.74) is 0.0902. The largest absolute Gasteiger partial charge is 0.442 e. The van der Waals surface area contributed by atoms with Crippen LogP contribution in [-0.4, -0.2) is 67.9 Å². The maximum absolute atomic E-state index is 15.1. The van der Waals surface area contributed by atoms with Gasteiger partial charge in [-0.25, -0.2) is 22.4 Å². The molecule has 0 unspecified atom stereocenters. The minimum Gasteiger partial charge on any atom is -0.442 e. The number of halogens is 4. The van der Waals surface area contributed by atoms with Crippen molar-refractivity contribution in [3.05, 3.63) is 58.1 Å². The number of hydrogen-bond acceptors (Lipinski definition) is 8. The molecule has 0 spiro atoms. The molecule has 0 aliphatic carbocycles. The Balaban J connectivity index is 1.43. The number of nitro groups is 1. The highest BCUT2D eigenvalue weighted by Crippen LogP contribution is 2.32. The van der Waals surface area contributed by atoms with Crippen LogP contribution in [0.3, 0.4) is 0 Å². The molecule has 37 heavy (non-hydrogen) atoms. The molecule has 0 saturated carbocycles. The van der Waals surface area contributed by atoms with Gasteiger partial charge in [-0.3, -0.25) is 24.9 Å². The van der Waals surface area contributed by atoms with Crippen LogP contribution in [-0.2, 0) is 9.57 Å². The van der Waals surface area contributed by atoms with Crippen LogP contribution in [0, 0.1) is 21.7 Å². The van der Waals surface area contributed by atoms with Crippen molar-refractivity contribution in [3.63, 3.8) is 0 Å². The normalized spacial score (nSPS) is 18.1. The van der Waals surface area contributed by atoms with Gasteiger partial charge in [-0.2, -0.15) is 0 Å². The number of nitrogens with one attached hydrogen (secondary N) is 1. The second-order valence-corrected chi connectivity index (χ2v) is 8.56. The maximum Gasteiger partial charge on any atom is 0.414 e. The fourth-order valence-corrected chi connectivity index (χ4v) is 4.04. The Kier molecular flexibility index (Phi) is 7.92. The first-order chi connectivity index (χ1) is 17.6. The summed E-state index contributed by atoms with van der Waals surface area (Å²) in [4.78, 5) is 30.0. The number of hydrogen-bond donors (Lipinski definition) is 1. The van der Waals surface area contributed by atoms with E-state index in [9.17, 15) is 23.7 Å². The number of amides is 1. The minimum atomic E-state index is -2.86. The number of anilines is 3. The van der Waals surface area contributed by atoms with Gasteiger partial charge in [-0.05, 0) is 12.1 Å². The zero-order chi connectivity index (χ0) is 26.7. The first-order valence-electron chi connectivity index (χ1n) is 11.1. The van der Waals surface area contributed by atoms with Crippen molar-refractivity contribution >= 4 is 46.0 Å². The summed E-state index contributed by atoms with van der Waals surface area (Å²) in [5, 5.41) is 14.6. The van der Waals surface area contributed by atoms with Crippen molar-refractivity contribution < 1.29 is 36.9 Å². The lowest BCUT2D eigenvalue weighted by Crippen LogP contribution is -2.36. The molecule has 0 bridgehead atoms. The van der Waals surface area contributed by atoms with E-state index >= 15 is 8.78 Å². The SMILES string of the molecule is O=C1O[C@@H](CNC(=S)C(F)F)CN1c1cc(F)c(N2CCON(c3ccc([N+](=O)[O-])cc3)CC2)c(F)c1. The Hall–Kier alpha value is -3.72. The van der Waals surface area contributed by atoms with Crippen molar-refractivity contribution in [2.24, 2.45) is 0 Å². The van der Waals surface area contributed by atoms with Crippen molar-refractivity contribution in [1.29, 1.82) is 0 Å². The zero-order valence-corrected chi connectivity index (χ0v) is 19.9. The van der Waals surface area contributed by atoms with E-state index < -0.39 is 40.2 Å². The first kappa shape index (κ1) is 26.3. The smallest absolute Gasteiger partial charge is 0.414 e. The lowest BCUT2D eigenvalue weighted by atomic mass is 10.2. The number of benzene rings is 2. The Bertz CT molecular complexity index is 1170. The summed E-state index contributed by atoms with van der Waals surface area (Å²) in [7, 11) is 0. The highest BCUT2D eigenvalue weighted by Gasteiger charge is 2.34. The summed E-state index contributed by atoms with van der Waals surface area (Å²) in [5.74, 6) is -1.82. The second-order valence-electron chi connectivity index (χ2n) is 8.12. The monoisotopic (exact) mass is 543 g/mol. The maximum atomic E-state index is 15.1. The number of rotatable bonds is 7. The van der Waals surface area contributed by atoms with E-state index in [0.29, 0.717) is 5.69 Å². The third-order valence-electron chi connectivity index (χ3n) is 5.74. The van der Waals surface area contributed by atoms with Gasteiger partial charge in [-0.15, -0.1) is 0 Å². The average molecular weight is 543 g/mol. The molecule has 4 rings (SSSR count). The van der Waals surface area contributed by atoms with Crippen LogP contribution in [0.15, 0.2) is 36.4 Å². The molecular formula is C22H21F4N5O5S. The molecule has 0 aromatic heterocycles.